The maximum atomic E-state index is 13.1. The summed E-state index contributed by atoms with van der Waals surface area (Å²) in [5.41, 5.74) is -2.99. The maximum Gasteiger partial charge on any atom is 0.416 e. The Balaban J connectivity index is 1.62. The third-order valence-corrected chi connectivity index (χ3v) is 6.58. The predicted molar refractivity (Wildman–Crippen MR) is 108 cm³/mol. The number of nitro groups is 1. The van der Waals surface area contributed by atoms with Crippen molar-refractivity contribution in [1.82, 2.24) is 14.8 Å². The van der Waals surface area contributed by atoms with Gasteiger partial charge >= 0.3 is 12.2 Å². The van der Waals surface area contributed by atoms with Crippen molar-refractivity contribution in [3.63, 3.8) is 0 Å². The van der Waals surface area contributed by atoms with E-state index in [1.54, 1.807) is 14.7 Å². The van der Waals surface area contributed by atoms with Crippen molar-refractivity contribution in [2.24, 2.45) is 0 Å². The van der Waals surface area contributed by atoms with Gasteiger partial charge in [-0.3, -0.25) is 14.9 Å². The van der Waals surface area contributed by atoms with Gasteiger partial charge in [0.25, 0.3) is 11.2 Å². The van der Waals surface area contributed by atoms with Crippen molar-refractivity contribution in [3.05, 3.63) is 38.2 Å². The summed E-state index contributed by atoms with van der Waals surface area (Å²) < 4.78 is 39.1. The largest absolute Gasteiger partial charge is 0.416 e. The van der Waals surface area contributed by atoms with Crippen molar-refractivity contribution >= 4 is 38.3 Å². The highest BCUT2D eigenvalue weighted by Crippen LogP contribution is 2.38. The van der Waals surface area contributed by atoms with Crippen LogP contribution in [0.15, 0.2) is 16.9 Å². The summed E-state index contributed by atoms with van der Waals surface area (Å²) in [6.45, 7) is 2.98. The third kappa shape index (κ3) is 4.13. The molecule has 0 atom stereocenters. The van der Waals surface area contributed by atoms with Crippen molar-refractivity contribution in [2.45, 2.75) is 19.0 Å². The lowest BCUT2D eigenvalue weighted by atomic mass is 10.1. The molecule has 31 heavy (non-hydrogen) atoms. The minimum absolute atomic E-state index is 0.0351. The SMILES string of the molecule is O=C(N1CCCC1)N1CCN(c2nc(=O)c3cc(C(F)(F)F)cc([N+](=O)[O-])c3s2)CC1. The van der Waals surface area contributed by atoms with Gasteiger partial charge in [0.1, 0.15) is 4.70 Å². The highest BCUT2D eigenvalue weighted by molar-refractivity contribution is 7.22. The van der Waals surface area contributed by atoms with Crippen molar-refractivity contribution < 1.29 is 22.9 Å². The van der Waals surface area contributed by atoms with E-state index in [1.807, 2.05) is 0 Å². The lowest BCUT2D eigenvalue weighted by molar-refractivity contribution is -0.383. The first-order valence-electron chi connectivity index (χ1n) is 9.64. The van der Waals surface area contributed by atoms with Crippen molar-refractivity contribution in [2.75, 3.05) is 44.2 Å². The van der Waals surface area contributed by atoms with Crippen LogP contribution in [-0.2, 0) is 6.18 Å². The topological polar surface area (TPSA) is 99.9 Å². The molecule has 0 unspecified atom stereocenters. The second-order valence-electron chi connectivity index (χ2n) is 7.38. The molecule has 2 fully saturated rings. The van der Waals surface area contributed by atoms with E-state index in [2.05, 4.69) is 4.98 Å². The van der Waals surface area contributed by atoms with Crippen molar-refractivity contribution in [3.8, 4) is 0 Å². The molecule has 0 aliphatic carbocycles. The molecule has 13 heteroatoms. The summed E-state index contributed by atoms with van der Waals surface area (Å²) in [7, 11) is 0. The fourth-order valence-electron chi connectivity index (χ4n) is 3.77. The molecule has 0 N–H and O–H groups in total. The van der Waals surface area contributed by atoms with Gasteiger partial charge in [0.15, 0.2) is 5.13 Å². The maximum absolute atomic E-state index is 13.1. The predicted octanol–water partition coefficient (Wildman–Crippen LogP) is 2.92. The minimum Gasteiger partial charge on any atom is -0.344 e. The average Bonchev–Trinajstić information content (AvgIpc) is 3.26. The van der Waals surface area contributed by atoms with E-state index in [1.165, 1.54) is 0 Å². The number of nitrogens with zero attached hydrogens (tertiary/aromatic N) is 5. The van der Waals surface area contributed by atoms with Crippen LogP contribution in [0.1, 0.15) is 18.4 Å². The van der Waals surface area contributed by atoms with E-state index in [0.29, 0.717) is 38.3 Å². The van der Waals surface area contributed by atoms with Gasteiger partial charge in [-0.2, -0.15) is 18.2 Å². The molecule has 0 radical (unpaired) electrons. The number of carbonyl (C=O) groups is 1. The first kappa shape index (κ1) is 21.3. The number of nitro benzene ring substituents is 1. The molecular formula is C18H18F3N5O4S. The number of aromatic nitrogens is 1. The monoisotopic (exact) mass is 457 g/mol. The number of piperazine rings is 1. The van der Waals surface area contributed by atoms with Gasteiger partial charge in [-0.25, -0.2) is 4.79 Å². The van der Waals surface area contributed by atoms with E-state index < -0.39 is 33.3 Å². The first-order valence-corrected chi connectivity index (χ1v) is 10.5. The number of amides is 2. The molecule has 166 valence electrons. The van der Waals surface area contributed by atoms with E-state index in [0.717, 1.165) is 37.3 Å². The molecule has 0 bridgehead atoms. The van der Waals surface area contributed by atoms with E-state index in [-0.39, 0.29) is 15.9 Å². The van der Waals surface area contributed by atoms with Crippen LogP contribution in [0.5, 0.6) is 0 Å². The summed E-state index contributed by atoms with van der Waals surface area (Å²) in [6, 6.07) is 1.01. The fourth-order valence-corrected chi connectivity index (χ4v) is 4.89. The third-order valence-electron chi connectivity index (χ3n) is 5.41. The number of fused-ring (bicyclic) bond motifs is 1. The number of carbonyl (C=O) groups excluding carboxylic acids is 1. The summed E-state index contributed by atoms with van der Waals surface area (Å²) in [5.74, 6) is 0. The van der Waals surface area contributed by atoms with Gasteiger partial charge in [0.2, 0.25) is 0 Å². The normalized spacial score (nSPS) is 17.5. The quantitative estimate of drug-likeness (QED) is 0.508. The van der Waals surface area contributed by atoms with Crippen LogP contribution in [0.3, 0.4) is 0 Å². The summed E-state index contributed by atoms with van der Waals surface area (Å²) in [4.78, 5) is 44.5. The van der Waals surface area contributed by atoms with Gasteiger partial charge in [-0.1, -0.05) is 11.3 Å². The fraction of sp³-hybridized carbons (Fsp3) is 0.500. The van der Waals surface area contributed by atoms with Gasteiger partial charge in [0.05, 0.1) is 15.9 Å². The number of hydrogen-bond donors (Lipinski definition) is 0. The van der Waals surface area contributed by atoms with Crippen molar-refractivity contribution in [1.29, 1.82) is 0 Å². The molecule has 2 aromatic rings. The Hall–Kier alpha value is -2.96. The molecule has 1 aromatic heterocycles. The van der Waals surface area contributed by atoms with Crippen LogP contribution in [-0.4, -0.2) is 65.0 Å². The van der Waals surface area contributed by atoms with Crippen LogP contribution in [0.4, 0.5) is 28.8 Å². The van der Waals surface area contributed by atoms with Crippen LogP contribution >= 0.6 is 11.3 Å². The highest BCUT2D eigenvalue weighted by atomic mass is 32.1. The van der Waals surface area contributed by atoms with E-state index in [9.17, 15) is 32.9 Å². The first-order chi connectivity index (χ1) is 14.6. The number of benzene rings is 1. The Kier molecular flexibility index (Phi) is 5.45. The molecule has 2 aliphatic heterocycles. The molecule has 2 saturated heterocycles. The van der Waals surface area contributed by atoms with Crippen LogP contribution in [0.25, 0.3) is 10.1 Å². The second kappa shape index (κ2) is 7.94. The highest BCUT2D eigenvalue weighted by Gasteiger charge is 2.35. The molecule has 2 amide bonds. The number of alkyl halides is 3. The average molecular weight is 457 g/mol. The van der Waals surface area contributed by atoms with E-state index >= 15 is 0 Å². The number of hydrogen-bond acceptors (Lipinski definition) is 7. The Morgan fingerprint density at radius 2 is 1.68 bits per heavy atom. The van der Waals surface area contributed by atoms with Gasteiger partial charge < -0.3 is 14.7 Å². The minimum atomic E-state index is -4.83. The molecule has 3 heterocycles. The van der Waals surface area contributed by atoms with Crippen LogP contribution in [0.2, 0.25) is 0 Å². The summed E-state index contributed by atoms with van der Waals surface area (Å²) in [6.07, 6.45) is -2.86. The number of rotatable bonds is 2. The number of urea groups is 1. The molecule has 0 saturated carbocycles. The summed E-state index contributed by atoms with van der Waals surface area (Å²) in [5, 5.41) is 11.2. The second-order valence-corrected chi connectivity index (χ2v) is 8.36. The summed E-state index contributed by atoms with van der Waals surface area (Å²) >= 11 is 0.809. The molecule has 9 nitrogen and oxygen atoms in total. The smallest absolute Gasteiger partial charge is 0.344 e. The zero-order valence-electron chi connectivity index (χ0n) is 16.2. The van der Waals surface area contributed by atoms with Gasteiger partial charge in [-0.05, 0) is 18.9 Å². The van der Waals surface area contributed by atoms with Gasteiger partial charge in [-0.15, -0.1) is 0 Å². The zero-order valence-corrected chi connectivity index (χ0v) is 17.0. The lowest BCUT2D eigenvalue weighted by Gasteiger charge is -2.36. The molecule has 4 rings (SSSR count). The van der Waals surface area contributed by atoms with Gasteiger partial charge in [0, 0.05) is 45.3 Å². The number of anilines is 1. The van der Waals surface area contributed by atoms with E-state index in [4.69, 9.17) is 0 Å². The lowest BCUT2D eigenvalue weighted by Crippen LogP contribution is -2.52. The van der Waals surface area contributed by atoms with Crippen LogP contribution in [0, 0.1) is 10.1 Å². The molecule has 0 spiro atoms. The zero-order chi connectivity index (χ0) is 22.3. The number of non-ortho nitro benzene ring substituents is 1. The van der Waals surface area contributed by atoms with Crippen LogP contribution < -0.4 is 10.5 Å². The Bertz CT molecular complexity index is 1090. The number of likely N-dealkylation sites (tertiary alicyclic amines) is 1. The molecule has 1 aromatic carbocycles. The Morgan fingerprint density at radius 3 is 2.26 bits per heavy atom. The Morgan fingerprint density at radius 1 is 1.06 bits per heavy atom. The molecular weight excluding hydrogens is 439 g/mol. The Labute approximate surface area is 177 Å². The standard InChI is InChI=1S/C18H18F3N5O4S/c19-18(20,21)11-9-12-14(13(10-11)26(29)30)31-16(22-15(12)27)23-5-7-25(8-6-23)17(28)24-3-1-2-4-24/h9-10H,1-8H2. The molecule has 2 aliphatic rings. The number of halogens is 3.